The molecule has 0 aliphatic heterocycles. The topological polar surface area (TPSA) is 29.1 Å². The number of halogens is 1. The molecule has 3 aliphatic carbocycles. The lowest BCUT2D eigenvalue weighted by atomic mass is 10.0. The van der Waals surface area contributed by atoms with Crippen molar-refractivity contribution in [3.63, 3.8) is 0 Å². The highest BCUT2D eigenvalue weighted by molar-refractivity contribution is 9.10. The summed E-state index contributed by atoms with van der Waals surface area (Å²) in [5.74, 6) is 3.69. The van der Waals surface area contributed by atoms with Gasteiger partial charge >= 0.3 is 0 Å². The molecule has 1 N–H and O–H groups in total. The van der Waals surface area contributed by atoms with Crippen LogP contribution in [0, 0.1) is 29.6 Å². The molecular formula is C15H16BrNO. The molecule has 1 aromatic rings. The maximum Gasteiger partial charge on any atom is 0.228 e. The van der Waals surface area contributed by atoms with Crippen molar-refractivity contribution >= 4 is 27.5 Å². The quantitative estimate of drug-likeness (QED) is 0.887. The molecule has 0 saturated heterocycles. The molecule has 0 spiro atoms. The minimum atomic E-state index is 0.244. The van der Waals surface area contributed by atoms with E-state index in [-0.39, 0.29) is 5.91 Å². The zero-order valence-electron chi connectivity index (χ0n) is 10.1. The minimum Gasteiger partial charge on any atom is -0.325 e. The van der Waals surface area contributed by atoms with Crippen molar-refractivity contribution < 1.29 is 4.79 Å². The van der Waals surface area contributed by atoms with Crippen LogP contribution in [0.1, 0.15) is 19.3 Å². The van der Waals surface area contributed by atoms with E-state index in [0.29, 0.717) is 17.8 Å². The van der Waals surface area contributed by atoms with E-state index < -0.39 is 0 Å². The molecule has 0 heterocycles. The Morgan fingerprint density at radius 3 is 2.50 bits per heavy atom. The van der Waals surface area contributed by atoms with Crippen LogP contribution in [0.2, 0.25) is 0 Å². The molecule has 0 radical (unpaired) electrons. The Morgan fingerprint density at radius 2 is 1.83 bits per heavy atom. The van der Waals surface area contributed by atoms with E-state index in [9.17, 15) is 4.79 Å². The van der Waals surface area contributed by atoms with Gasteiger partial charge in [0.15, 0.2) is 0 Å². The van der Waals surface area contributed by atoms with Gasteiger partial charge in [-0.1, -0.05) is 12.1 Å². The van der Waals surface area contributed by atoms with E-state index in [4.69, 9.17) is 0 Å². The van der Waals surface area contributed by atoms with Gasteiger partial charge in [0, 0.05) is 10.4 Å². The molecule has 1 unspecified atom stereocenters. The molecule has 2 nitrogen and oxygen atoms in total. The number of amides is 1. The smallest absolute Gasteiger partial charge is 0.228 e. The van der Waals surface area contributed by atoms with Crippen molar-refractivity contribution in [3.8, 4) is 0 Å². The first-order valence-electron chi connectivity index (χ1n) is 6.81. The highest BCUT2D eigenvalue weighted by atomic mass is 79.9. The summed E-state index contributed by atoms with van der Waals surface area (Å²) >= 11 is 3.48. The number of para-hydroxylation sites is 1. The van der Waals surface area contributed by atoms with Gasteiger partial charge in [0.25, 0.3) is 0 Å². The maximum absolute atomic E-state index is 12.3. The van der Waals surface area contributed by atoms with E-state index in [0.717, 1.165) is 22.0 Å². The third-order valence-electron chi connectivity index (χ3n) is 5.17. The minimum absolute atomic E-state index is 0.244. The van der Waals surface area contributed by atoms with Crippen molar-refractivity contribution in [1.82, 2.24) is 0 Å². The Morgan fingerprint density at radius 1 is 1.17 bits per heavy atom. The number of hydrogen-bond acceptors (Lipinski definition) is 1. The Labute approximate surface area is 115 Å². The molecule has 0 aromatic heterocycles. The van der Waals surface area contributed by atoms with Crippen LogP contribution in [0.15, 0.2) is 28.7 Å². The lowest BCUT2D eigenvalue weighted by Gasteiger charge is -2.10. The van der Waals surface area contributed by atoms with Crippen molar-refractivity contribution in [2.75, 3.05) is 5.32 Å². The van der Waals surface area contributed by atoms with Crippen LogP contribution >= 0.6 is 15.9 Å². The molecule has 18 heavy (non-hydrogen) atoms. The number of benzene rings is 1. The summed E-state index contributed by atoms with van der Waals surface area (Å²) in [4.78, 5) is 12.3. The Kier molecular flexibility index (Phi) is 2.35. The molecule has 1 aromatic carbocycles. The van der Waals surface area contributed by atoms with Gasteiger partial charge in [-0.25, -0.2) is 0 Å². The van der Waals surface area contributed by atoms with E-state index in [1.807, 2.05) is 24.3 Å². The zero-order chi connectivity index (χ0) is 12.3. The molecule has 3 saturated carbocycles. The summed E-state index contributed by atoms with van der Waals surface area (Å²) in [6, 6.07) is 7.84. The molecule has 5 atom stereocenters. The van der Waals surface area contributed by atoms with Crippen LogP contribution in [0.4, 0.5) is 5.69 Å². The normalized spacial score (nSPS) is 39.5. The zero-order valence-corrected chi connectivity index (χ0v) is 11.7. The van der Waals surface area contributed by atoms with Gasteiger partial charge in [-0.2, -0.15) is 0 Å². The number of carbonyl (C=O) groups excluding carboxylic acids is 1. The first-order chi connectivity index (χ1) is 8.75. The fourth-order valence-corrected chi connectivity index (χ4v) is 4.84. The largest absolute Gasteiger partial charge is 0.325 e. The number of hydrogen-bond donors (Lipinski definition) is 1. The van der Waals surface area contributed by atoms with E-state index in [2.05, 4.69) is 21.2 Å². The van der Waals surface area contributed by atoms with Crippen LogP contribution < -0.4 is 5.32 Å². The lowest BCUT2D eigenvalue weighted by Crippen LogP contribution is -2.18. The van der Waals surface area contributed by atoms with Crippen molar-refractivity contribution in [1.29, 1.82) is 0 Å². The first kappa shape index (κ1) is 11.0. The predicted octanol–water partition coefficient (Wildman–Crippen LogP) is 3.68. The van der Waals surface area contributed by atoms with Crippen molar-refractivity contribution in [2.45, 2.75) is 19.3 Å². The summed E-state index contributed by atoms with van der Waals surface area (Å²) in [5.41, 5.74) is 0.903. The van der Waals surface area contributed by atoms with E-state index in [1.165, 1.54) is 19.3 Å². The van der Waals surface area contributed by atoms with E-state index >= 15 is 0 Å². The van der Waals surface area contributed by atoms with Gasteiger partial charge in [-0.3, -0.25) is 4.79 Å². The fourth-order valence-electron chi connectivity index (χ4n) is 4.45. The Hall–Kier alpha value is -0.830. The molecule has 94 valence electrons. The number of fused-ring (bicyclic) bond motifs is 5. The highest BCUT2D eigenvalue weighted by Gasteiger charge is 2.67. The highest BCUT2D eigenvalue weighted by Crippen LogP contribution is 2.69. The number of rotatable bonds is 2. The molecule has 3 aliphatic rings. The molecule has 1 amide bonds. The first-order valence-corrected chi connectivity index (χ1v) is 7.60. The third kappa shape index (κ3) is 1.49. The summed E-state index contributed by atoms with van der Waals surface area (Å²) < 4.78 is 0.965. The second-order valence-corrected chi connectivity index (χ2v) is 6.84. The summed E-state index contributed by atoms with van der Waals surface area (Å²) in [5, 5.41) is 3.08. The Bertz CT molecular complexity index is 499. The third-order valence-corrected chi connectivity index (χ3v) is 5.86. The van der Waals surface area contributed by atoms with Gasteiger partial charge in [0.2, 0.25) is 5.91 Å². The predicted molar refractivity (Wildman–Crippen MR) is 74.1 cm³/mol. The molecule has 4 rings (SSSR count). The van der Waals surface area contributed by atoms with Crippen LogP contribution in [0.5, 0.6) is 0 Å². The second-order valence-electron chi connectivity index (χ2n) is 5.98. The Balaban J connectivity index is 1.48. The SMILES string of the molecule is O=C(Nc1ccccc1Br)C1[C@@H]2[C@@H]3CC[C@H](C3)[C@H]12. The van der Waals surface area contributed by atoms with E-state index in [1.54, 1.807) is 0 Å². The monoisotopic (exact) mass is 305 g/mol. The number of carbonyl (C=O) groups is 1. The summed E-state index contributed by atoms with van der Waals surface area (Å²) in [6.45, 7) is 0. The second kappa shape index (κ2) is 3.83. The number of anilines is 1. The standard InChI is InChI=1S/C15H16BrNO/c16-10-3-1-2-4-11(10)17-15(18)14-12-8-5-6-9(7-8)13(12)14/h1-4,8-9,12-14H,5-7H2,(H,17,18)/t8-,9-,12-,13+,14?/m1/s1. The fraction of sp³-hybridized carbons (Fsp3) is 0.533. The van der Waals surface area contributed by atoms with Crippen LogP contribution in [-0.2, 0) is 4.79 Å². The maximum atomic E-state index is 12.3. The molecular weight excluding hydrogens is 290 g/mol. The van der Waals surface area contributed by atoms with Gasteiger partial charge in [-0.15, -0.1) is 0 Å². The van der Waals surface area contributed by atoms with Crippen LogP contribution in [0.3, 0.4) is 0 Å². The average Bonchev–Trinajstić information content (AvgIpc) is 2.82. The van der Waals surface area contributed by atoms with Crippen molar-refractivity contribution in [3.05, 3.63) is 28.7 Å². The average molecular weight is 306 g/mol. The lowest BCUT2D eigenvalue weighted by molar-refractivity contribution is -0.118. The van der Waals surface area contributed by atoms with Crippen molar-refractivity contribution in [2.24, 2.45) is 29.6 Å². The van der Waals surface area contributed by atoms with Gasteiger partial charge in [0.05, 0.1) is 5.69 Å². The number of nitrogens with one attached hydrogen (secondary N) is 1. The molecule has 3 heteroatoms. The van der Waals surface area contributed by atoms with Gasteiger partial charge in [-0.05, 0) is 71.0 Å². The van der Waals surface area contributed by atoms with Crippen LogP contribution in [-0.4, -0.2) is 5.91 Å². The summed E-state index contributed by atoms with van der Waals surface area (Å²) in [6.07, 6.45) is 4.13. The van der Waals surface area contributed by atoms with Gasteiger partial charge in [0.1, 0.15) is 0 Å². The molecule has 2 bridgehead atoms. The van der Waals surface area contributed by atoms with Crippen LogP contribution in [0.25, 0.3) is 0 Å². The summed E-state index contributed by atoms with van der Waals surface area (Å²) in [7, 11) is 0. The van der Waals surface area contributed by atoms with Gasteiger partial charge < -0.3 is 5.32 Å². The molecule has 3 fully saturated rings.